The molecule has 0 aliphatic carbocycles. The second-order valence-corrected chi connectivity index (χ2v) is 9.24. The number of nitrogens with zero attached hydrogens (tertiary/aromatic N) is 7. The summed E-state index contributed by atoms with van der Waals surface area (Å²) >= 11 is 0. The average Bonchev–Trinajstić information content (AvgIpc) is 3.52. The first-order valence-electron chi connectivity index (χ1n) is 11.7. The molecule has 0 saturated carbocycles. The molecule has 5 rings (SSSR count). The summed E-state index contributed by atoms with van der Waals surface area (Å²) < 4.78 is 1.97. The number of aromatic nitrogens is 5. The zero-order valence-corrected chi connectivity index (χ0v) is 20.1. The maximum atomic E-state index is 13.6. The Morgan fingerprint density at radius 2 is 2.06 bits per heavy atom. The van der Waals surface area contributed by atoms with E-state index < -0.39 is 0 Å². The van der Waals surface area contributed by atoms with Gasteiger partial charge in [0.25, 0.3) is 5.91 Å². The lowest BCUT2D eigenvalue weighted by Gasteiger charge is -2.25. The maximum absolute atomic E-state index is 13.6. The van der Waals surface area contributed by atoms with Gasteiger partial charge in [0.2, 0.25) is 0 Å². The molecule has 0 radical (unpaired) electrons. The molecule has 9 heteroatoms. The number of carbonyl (C=O) groups excluding carboxylic acids is 1. The molecule has 2 aliphatic heterocycles. The molecule has 5 heterocycles. The van der Waals surface area contributed by atoms with Crippen molar-refractivity contribution in [3.8, 4) is 11.5 Å². The summed E-state index contributed by atoms with van der Waals surface area (Å²) in [5.41, 5.74) is 4.23. The van der Waals surface area contributed by atoms with Gasteiger partial charge in [0.15, 0.2) is 5.82 Å². The van der Waals surface area contributed by atoms with Gasteiger partial charge in [-0.3, -0.25) is 9.69 Å². The Morgan fingerprint density at radius 1 is 1.24 bits per heavy atom. The molecule has 0 bridgehead atoms. The van der Waals surface area contributed by atoms with Crippen molar-refractivity contribution in [3.05, 3.63) is 59.7 Å². The van der Waals surface area contributed by atoms with Gasteiger partial charge in [0, 0.05) is 29.9 Å². The second-order valence-electron chi connectivity index (χ2n) is 9.24. The predicted octanol–water partition coefficient (Wildman–Crippen LogP) is 3.70. The Bertz CT molecular complexity index is 1260. The summed E-state index contributed by atoms with van der Waals surface area (Å²) in [5, 5.41) is 11.5. The fraction of sp³-hybridized carbons (Fsp3) is 0.400. The summed E-state index contributed by atoms with van der Waals surface area (Å²) in [6, 6.07) is 8.09. The summed E-state index contributed by atoms with van der Waals surface area (Å²) in [4.78, 5) is 27.2. The topological polar surface area (TPSA) is 92.1 Å². The van der Waals surface area contributed by atoms with Crippen LogP contribution in [-0.4, -0.2) is 43.7 Å². The quantitative estimate of drug-likeness (QED) is 0.602. The first-order chi connectivity index (χ1) is 16.4. The highest BCUT2D eigenvalue weighted by Crippen LogP contribution is 2.36. The van der Waals surface area contributed by atoms with E-state index in [4.69, 9.17) is 9.97 Å². The molecular formula is C25H30N8O. The standard InChI is InChI=1S/C25H30N8O/c1-15(2)32-14-27-30-24(32)20-7-6-8-22(28-20)31-13-19-18(25(31)34)11-23(29-21(19)12-26-5)33-16(3)9-10-17(33)4/h6-8,11,14-15,17,26H,3,9-10,12-13H2,1-2,4-5H3/t17-/m1/s1. The summed E-state index contributed by atoms with van der Waals surface area (Å²) in [5.74, 6) is 2.00. The SMILES string of the molecule is C=C1CC[C@@H](C)N1c1cc2c(c(CNC)n1)CN(c1cccc(-c3nncn3C(C)C)n1)C2=O. The largest absolute Gasteiger partial charge is 0.328 e. The molecule has 3 aromatic heterocycles. The third-order valence-corrected chi connectivity index (χ3v) is 6.58. The van der Waals surface area contributed by atoms with E-state index in [1.807, 2.05) is 35.9 Å². The van der Waals surface area contributed by atoms with Crippen molar-refractivity contribution in [1.82, 2.24) is 30.0 Å². The molecule has 9 nitrogen and oxygen atoms in total. The molecule has 2 aliphatic rings. The van der Waals surface area contributed by atoms with Crippen LogP contribution >= 0.6 is 0 Å². The number of fused-ring (bicyclic) bond motifs is 1. The number of anilines is 2. The van der Waals surface area contributed by atoms with Crippen LogP contribution in [0.25, 0.3) is 11.5 Å². The first-order valence-corrected chi connectivity index (χ1v) is 11.7. The number of rotatable bonds is 6. The van der Waals surface area contributed by atoms with E-state index >= 15 is 0 Å². The van der Waals surface area contributed by atoms with Crippen molar-refractivity contribution < 1.29 is 4.79 Å². The van der Waals surface area contributed by atoms with Gasteiger partial charge in [-0.15, -0.1) is 10.2 Å². The van der Waals surface area contributed by atoms with Gasteiger partial charge in [-0.25, -0.2) is 9.97 Å². The van der Waals surface area contributed by atoms with Gasteiger partial charge in [-0.1, -0.05) is 12.6 Å². The Labute approximate surface area is 199 Å². The van der Waals surface area contributed by atoms with Crippen molar-refractivity contribution in [2.24, 2.45) is 0 Å². The summed E-state index contributed by atoms with van der Waals surface area (Å²) in [6.45, 7) is 11.5. The fourth-order valence-electron chi connectivity index (χ4n) is 4.80. The number of carbonyl (C=O) groups is 1. The van der Waals surface area contributed by atoms with Crippen LogP contribution in [0.2, 0.25) is 0 Å². The highest BCUT2D eigenvalue weighted by molar-refractivity contribution is 6.10. The summed E-state index contributed by atoms with van der Waals surface area (Å²) in [6.07, 6.45) is 3.69. The third-order valence-electron chi connectivity index (χ3n) is 6.58. The normalized spacial score (nSPS) is 17.9. The lowest BCUT2D eigenvalue weighted by Crippen LogP contribution is -2.27. The Kier molecular flexibility index (Phi) is 5.65. The van der Waals surface area contributed by atoms with E-state index in [2.05, 4.69) is 47.8 Å². The van der Waals surface area contributed by atoms with E-state index in [1.165, 1.54) is 0 Å². The zero-order valence-electron chi connectivity index (χ0n) is 20.1. The lowest BCUT2D eigenvalue weighted by atomic mass is 10.1. The number of nitrogens with one attached hydrogen (secondary N) is 1. The number of amides is 1. The van der Waals surface area contributed by atoms with Gasteiger partial charge >= 0.3 is 0 Å². The number of pyridine rings is 2. The van der Waals surface area contributed by atoms with Gasteiger partial charge in [-0.05, 0) is 58.9 Å². The molecular weight excluding hydrogens is 428 g/mol. The van der Waals surface area contributed by atoms with Gasteiger partial charge in [0.1, 0.15) is 23.7 Å². The lowest BCUT2D eigenvalue weighted by molar-refractivity contribution is 0.0996. The van der Waals surface area contributed by atoms with E-state index in [0.717, 1.165) is 35.6 Å². The van der Waals surface area contributed by atoms with Crippen LogP contribution in [0.15, 0.2) is 42.9 Å². The van der Waals surface area contributed by atoms with Gasteiger partial charge in [-0.2, -0.15) is 0 Å². The van der Waals surface area contributed by atoms with Crippen LogP contribution in [0.3, 0.4) is 0 Å². The highest BCUT2D eigenvalue weighted by Gasteiger charge is 2.35. The molecule has 176 valence electrons. The molecule has 0 unspecified atom stereocenters. The zero-order chi connectivity index (χ0) is 24.0. The minimum absolute atomic E-state index is 0.0663. The molecule has 3 aromatic rings. The van der Waals surface area contributed by atoms with Crippen LogP contribution < -0.4 is 15.1 Å². The molecule has 0 spiro atoms. The highest BCUT2D eigenvalue weighted by atomic mass is 16.2. The van der Waals surface area contributed by atoms with Gasteiger partial charge < -0.3 is 14.8 Å². The van der Waals surface area contributed by atoms with Crippen molar-refractivity contribution in [2.45, 2.75) is 58.8 Å². The van der Waals surface area contributed by atoms with Gasteiger partial charge in [0.05, 0.1) is 17.8 Å². The smallest absolute Gasteiger partial charge is 0.260 e. The van der Waals surface area contributed by atoms with Crippen LogP contribution in [0.4, 0.5) is 11.6 Å². The fourth-order valence-corrected chi connectivity index (χ4v) is 4.80. The Hall–Kier alpha value is -3.59. The van der Waals surface area contributed by atoms with Crippen LogP contribution in [0.5, 0.6) is 0 Å². The minimum Gasteiger partial charge on any atom is -0.328 e. The number of hydrogen-bond donors (Lipinski definition) is 1. The Balaban J connectivity index is 1.53. The molecule has 1 fully saturated rings. The second kappa shape index (κ2) is 8.64. The molecule has 34 heavy (non-hydrogen) atoms. The summed E-state index contributed by atoms with van der Waals surface area (Å²) in [7, 11) is 1.89. The van der Waals surface area contributed by atoms with Crippen molar-refractivity contribution in [3.63, 3.8) is 0 Å². The monoisotopic (exact) mass is 458 g/mol. The van der Waals surface area contributed by atoms with Crippen LogP contribution in [-0.2, 0) is 13.1 Å². The number of hydrogen-bond acceptors (Lipinski definition) is 7. The number of allylic oxidation sites excluding steroid dienone is 1. The van der Waals surface area contributed by atoms with Crippen molar-refractivity contribution >= 4 is 17.5 Å². The minimum atomic E-state index is -0.0663. The van der Waals surface area contributed by atoms with Crippen LogP contribution in [0.1, 0.15) is 61.3 Å². The average molecular weight is 459 g/mol. The van der Waals surface area contributed by atoms with E-state index in [0.29, 0.717) is 42.0 Å². The maximum Gasteiger partial charge on any atom is 0.260 e. The Morgan fingerprint density at radius 3 is 2.76 bits per heavy atom. The molecule has 0 aromatic carbocycles. The van der Waals surface area contributed by atoms with Crippen molar-refractivity contribution in [1.29, 1.82) is 0 Å². The van der Waals surface area contributed by atoms with E-state index in [-0.39, 0.29) is 11.9 Å². The predicted molar refractivity (Wildman–Crippen MR) is 131 cm³/mol. The van der Waals surface area contributed by atoms with Crippen molar-refractivity contribution in [2.75, 3.05) is 16.8 Å². The molecule has 1 amide bonds. The van der Waals surface area contributed by atoms with E-state index in [9.17, 15) is 4.79 Å². The third kappa shape index (κ3) is 3.66. The molecule has 1 saturated heterocycles. The molecule has 1 N–H and O–H groups in total. The first kappa shape index (κ1) is 22.2. The van der Waals surface area contributed by atoms with E-state index in [1.54, 1.807) is 11.2 Å². The van der Waals surface area contributed by atoms with Crippen LogP contribution in [0, 0.1) is 0 Å². The molecule has 1 atom stereocenters.